The maximum atomic E-state index is 14.2. The van der Waals surface area contributed by atoms with Gasteiger partial charge >= 0.3 is 6.09 Å². The van der Waals surface area contributed by atoms with Crippen molar-refractivity contribution in [1.82, 2.24) is 20.9 Å². The Labute approximate surface area is 257 Å². The Bertz CT molecular complexity index is 998. The van der Waals surface area contributed by atoms with Crippen LogP contribution in [0.15, 0.2) is 25.3 Å². The molecule has 1 saturated carbocycles. The van der Waals surface area contributed by atoms with Crippen molar-refractivity contribution in [3.8, 4) is 0 Å². The minimum absolute atomic E-state index is 0.0590. The van der Waals surface area contributed by atoms with Gasteiger partial charge in [-0.1, -0.05) is 45.3 Å². The maximum Gasteiger partial charge on any atom is 0.408 e. The largest absolute Gasteiger partial charge is 0.444 e. The Hall–Kier alpha value is -3.17. The van der Waals surface area contributed by atoms with Gasteiger partial charge in [0.15, 0.2) is 0 Å². The van der Waals surface area contributed by atoms with E-state index in [1.165, 1.54) is 0 Å². The zero-order valence-corrected chi connectivity index (χ0v) is 26.9. The molecule has 0 aromatic rings. The average Bonchev–Trinajstić information content (AvgIpc) is 3.41. The minimum atomic E-state index is -1.05. The SMILES string of the molecule is C=CCCCNC(=O)C(=O)C(CCC=C)NC(=O)[C@@H]1CC(C(C)C)CN1C(=O)C(NC(=O)OC(C)(C)C)C1CCCCC1. The normalized spacial score (nSPS) is 20.6. The number of nitrogens with one attached hydrogen (secondary N) is 3. The number of amides is 4. The number of hydrogen-bond acceptors (Lipinski definition) is 6. The first kappa shape index (κ1) is 36.0. The summed E-state index contributed by atoms with van der Waals surface area (Å²) in [5.74, 6) is -2.06. The Morgan fingerprint density at radius 1 is 0.953 bits per heavy atom. The summed E-state index contributed by atoms with van der Waals surface area (Å²) in [6.07, 6.45) is 9.73. The van der Waals surface area contributed by atoms with E-state index in [1.807, 2.05) is 0 Å². The molecule has 4 amide bonds. The fourth-order valence-corrected chi connectivity index (χ4v) is 5.82. The van der Waals surface area contributed by atoms with Gasteiger partial charge in [0.1, 0.15) is 17.7 Å². The van der Waals surface area contributed by atoms with Gasteiger partial charge in [-0.2, -0.15) is 0 Å². The standard InChI is InChI=1S/C33H54N4O6/c1-8-10-15-19-34-30(40)28(38)25(18-11-9-2)35-29(39)26-20-24(22(3)4)21-37(26)31(41)27(23-16-13-12-14-17-23)36-32(42)43-33(5,6)7/h8-9,22-27H,1-2,10-21H2,3-7H3,(H,34,40)(H,35,39)(H,36,42)/t24?,25?,26-,27?/m0/s1. The molecule has 10 nitrogen and oxygen atoms in total. The van der Waals surface area contributed by atoms with Gasteiger partial charge < -0.3 is 25.6 Å². The molecule has 3 unspecified atom stereocenters. The van der Waals surface area contributed by atoms with Crippen molar-refractivity contribution in [1.29, 1.82) is 0 Å². The lowest BCUT2D eigenvalue weighted by molar-refractivity contribution is -0.143. The number of carbonyl (C=O) groups excluding carboxylic acids is 5. The molecule has 2 aliphatic rings. The summed E-state index contributed by atoms with van der Waals surface area (Å²) in [4.78, 5) is 68.1. The van der Waals surface area contributed by atoms with Crippen LogP contribution in [0.1, 0.15) is 98.8 Å². The second-order valence-corrected chi connectivity index (χ2v) is 13.2. The van der Waals surface area contributed by atoms with Crippen molar-refractivity contribution >= 4 is 29.6 Å². The van der Waals surface area contributed by atoms with E-state index in [-0.39, 0.29) is 30.1 Å². The van der Waals surface area contributed by atoms with Gasteiger partial charge in [0.2, 0.25) is 17.6 Å². The van der Waals surface area contributed by atoms with Crippen LogP contribution in [0.25, 0.3) is 0 Å². The second-order valence-electron chi connectivity index (χ2n) is 13.2. The highest BCUT2D eigenvalue weighted by Crippen LogP contribution is 2.33. The van der Waals surface area contributed by atoms with Crippen LogP contribution in [-0.4, -0.2) is 71.3 Å². The number of ketones is 1. The molecule has 1 aliphatic heterocycles. The maximum absolute atomic E-state index is 14.2. The van der Waals surface area contributed by atoms with Gasteiger partial charge in [-0.05, 0) is 83.5 Å². The molecular weight excluding hydrogens is 548 g/mol. The van der Waals surface area contributed by atoms with Gasteiger partial charge in [-0.15, -0.1) is 13.2 Å². The van der Waals surface area contributed by atoms with E-state index < -0.39 is 47.4 Å². The molecule has 2 rings (SSSR count). The summed E-state index contributed by atoms with van der Waals surface area (Å²) >= 11 is 0. The van der Waals surface area contributed by atoms with Crippen molar-refractivity contribution in [2.75, 3.05) is 13.1 Å². The lowest BCUT2D eigenvalue weighted by Gasteiger charge is -2.35. The van der Waals surface area contributed by atoms with Crippen molar-refractivity contribution in [3.05, 3.63) is 25.3 Å². The quantitative estimate of drug-likeness (QED) is 0.144. The number of unbranched alkanes of at least 4 members (excludes halogenated alkanes) is 1. The summed E-state index contributed by atoms with van der Waals surface area (Å²) in [6.45, 7) is 17.5. The summed E-state index contributed by atoms with van der Waals surface area (Å²) in [5, 5.41) is 8.26. The highest BCUT2D eigenvalue weighted by atomic mass is 16.6. The summed E-state index contributed by atoms with van der Waals surface area (Å²) in [6, 6.07) is -2.70. The minimum Gasteiger partial charge on any atom is -0.444 e. The molecule has 2 fully saturated rings. The Morgan fingerprint density at radius 3 is 2.19 bits per heavy atom. The van der Waals surface area contributed by atoms with Crippen molar-refractivity contribution in [3.63, 3.8) is 0 Å². The van der Waals surface area contributed by atoms with E-state index in [0.29, 0.717) is 38.8 Å². The molecule has 1 saturated heterocycles. The van der Waals surface area contributed by atoms with Gasteiger partial charge in [0, 0.05) is 13.1 Å². The molecule has 0 spiro atoms. The zero-order chi connectivity index (χ0) is 32.2. The third-order valence-electron chi connectivity index (χ3n) is 8.31. The van der Waals surface area contributed by atoms with E-state index >= 15 is 0 Å². The lowest BCUT2D eigenvalue weighted by atomic mass is 9.83. The van der Waals surface area contributed by atoms with Crippen molar-refractivity contribution < 1.29 is 28.7 Å². The van der Waals surface area contributed by atoms with Crippen molar-refractivity contribution in [2.24, 2.45) is 17.8 Å². The van der Waals surface area contributed by atoms with E-state index in [0.717, 1.165) is 32.1 Å². The number of carbonyl (C=O) groups is 5. The average molecular weight is 603 g/mol. The molecule has 10 heteroatoms. The van der Waals surface area contributed by atoms with Crippen molar-refractivity contribution in [2.45, 2.75) is 123 Å². The highest BCUT2D eigenvalue weighted by molar-refractivity contribution is 6.38. The Kier molecular flexibility index (Phi) is 14.4. The third kappa shape index (κ3) is 11.4. The molecule has 1 aliphatic carbocycles. The first-order valence-electron chi connectivity index (χ1n) is 15.9. The van der Waals surface area contributed by atoms with E-state index in [9.17, 15) is 24.0 Å². The molecule has 4 atom stereocenters. The van der Waals surface area contributed by atoms with Crippen LogP contribution in [0.4, 0.5) is 4.79 Å². The predicted molar refractivity (Wildman–Crippen MR) is 167 cm³/mol. The first-order chi connectivity index (χ1) is 20.3. The first-order valence-corrected chi connectivity index (χ1v) is 15.9. The monoisotopic (exact) mass is 602 g/mol. The van der Waals surface area contributed by atoms with E-state index in [4.69, 9.17) is 4.74 Å². The summed E-state index contributed by atoms with van der Waals surface area (Å²) in [5.41, 5.74) is -0.728. The highest BCUT2D eigenvalue weighted by Gasteiger charge is 2.45. The number of ether oxygens (including phenoxy) is 1. The third-order valence-corrected chi connectivity index (χ3v) is 8.31. The van der Waals surface area contributed by atoms with E-state index in [1.54, 1.807) is 37.8 Å². The van der Waals surface area contributed by atoms with Gasteiger partial charge in [-0.25, -0.2) is 4.79 Å². The fourth-order valence-electron chi connectivity index (χ4n) is 5.82. The molecule has 0 aromatic heterocycles. The van der Waals surface area contributed by atoms with Gasteiger partial charge in [-0.3, -0.25) is 19.2 Å². The number of rotatable bonds is 15. The molecule has 242 valence electrons. The summed E-state index contributed by atoms with van der Waals surface area (Å²) < 4.78 is 5.50. The lowest BCUT2D eigenvalue weighted by Crippen LogP contribution is -2.58. The Morgan fingerprint density at radius 2 is 1.60 bits per heavy atom. The van der Waals surface area contributed by atoms with Gasteiger partial charge in [0.05, 0.1) is 6.04 Å². The van der Waals surface area contributed by atoms with Crippen LogP contribution in [0, 0.1) is 17.8 Å². The van der Waals surface area contributed by atoms with Crippen LogP contribution in [0.5, 0.6) is 0 Å². The van der Waals surface area contributed by atoms with Crippen LogP contribution >= 0.6 is 0 Å². The molecule has 0 aromatic carbocycles. The zero-order valence-electron chi connectivity index (χ0n) is 26.9. The van der Waals surface area contributed by atoms with Gasteiger partial charge in [0.25, 0.3) is 5.91 Å². The fraction of sp³-hybridized carbons (Fsp3) is 0.727. The molecule has 0 bridgehead atoms. The Balaban J connectivity index is 2.29. The molecular formula is C33H54N4O6. The number of likely N-dealkylation sites (tertiary alicyclic amines) is 1. The molecule has 3 N–H and O–H groups in total. The second kappa shape index (κ2) is 17.2. The molecule has 1 heterocycles. The smallest absolute Gasteiger partial charge is 0.408 e. The number of hydrogen-bond donors (Lipinski definition) is 3. The number of Topliss-reactive ketones (excluding diaryl/α,β-unsaturated/α-hetero) is 1. The molecule has 43 heavy (non-hydrogen) atoms. The number of allylic oxidation sites excluding steroid dienone is 2. The van der Waals surface area contributed by atoms with E-state index in [2.05, 4.69) is 43.0 Å². The number of alkyl carbamates (subject to hydrolysis) is 1. The van der Waals surface area contributed by atoms with Crippen LogP contribution in [0.2, 0.25) is 0 Å². The molecule has 0 radical (unpaired) electrons. The topological polar surface area (TPSA) is 134 Å². The van der Waals surface area contributed by atoms with Crippen LogP contribution in [0.3, 0.4) is 0 Å². The van der Waals surface area contributed by atoms with Crippen LogP contribution < -0.4 is 16.0 Å². The number of nitrogens with zero attached hydrogens (tertiary/aromatic N) is 1. The van der Waals surface area contributed by atoms with Crippen LogP contribution in [-0.2, 0) is 23.9 Å². The summed E-state index contributed by atoms with van der Waals surface area (Å²) in [7, 11) is 0. The predicted octanol–water partition coefficient (Wildman–Crippen LogP) is 4.44.